The third kappa shape index (κ3) is 4.30. The Hall–Kier alpha value is -1.99. The van der Waals surface area contributed by atoms with Crippen LogP contribution in [-0.4, -0.2) is 24.2 Å². The van der Waals surface area contributed by atoms with Crippen molar-refractivity contribution in [2.75, 3.05) is 23.4 Å². The van der Waals surface area contributed by atoms with Crippen LogP contribution in [-0.2, 0) is 9.53 Å². The van der Waals surface area contributed by atoms with Crippen LogP contribution >= 0.6 is 23.1 Å². The van der Waals surface area contributed by atoms with Gasteiger partial charge in [-0.25, -0.2) is 4.79 Å². The molecule has 0 saturated heterocycles. The molecule has 0 spiro atoms. The highest BCUT2D eigenvalue weighted by Crippen LogP contribution is 2.33. The number of hydrogen-bond donors (Lipinski definition) is 2. The summed E-state index contributed by atoms with van der Waals surface area (Å²) in [6.07, 6.45) is 0. The minimum atomic E-state index is -0.408. The van der Waals surface area contributed by atoms with Crippen molar-refractivity contribution in [1.82, 2.24) is 0 Å². The first-order chi connectivity index (χ1) is 11.4. The maximum absolute atomic E-state index is 12.2. The predicted molar refractivity (Wildman–Crippen MR) is 100.0 cm³/mol. The Kier molecular flexibility index (Phi) is 6.28. The van der Waals surface area contributed by atoms with Crippen molar-refractivity contribution in [3.05, 3.63) is 40.3 Å². The second-order valence-corrected chi connectivity index (χ2v) is 7.32. The topological polar surface area (TPSA) is 81.4 Å². The average molecular weight is 364 g/mol. The van der Waals surface area contributed by atoms with Gasteiger partial charge in [0.05, 0.1) is 17.9 Å². The molecule has 1 aromatic carbocycles. The third-order valence-electron chi connectivity index (χ3n) is 3.40. The van der Waals surface area contributed by atoms with Crippen molar-refractivity contribution < 1.29 is 14.3 Å². The number of nitrogens with two attached hydrogens (primary N) is 1. The van der Waals surface area contributed by atoms with E-state index in [9.17, 15) is 9.59 Å². The number of nitrogen functional groups attached to an aromatic ring is 1. The molecule has 0 fully saturated rings. The van der Waals surface area contributed by atoms with Crippen molar-refractivity contribution >= 4 is 45.7 Å². The molecule has 0 unspecified atom stereocenters. The van der Waals surface area contributed by atoms with Gasteiger partial charge in [0, 0.05) is 15.5 Å². The predicted octanol–water partition coefficient (Wildman–Crippen LogP) is 3.85. The maximum atomic E-state index is 12.2. The molecule has 0 aliphatic carbocycles. The van der Waals surface area contributed by atoms with E-state index in [-0.39, 0.29) is 11.7 Å². The number of aryl methyl sites for hydroxylation is 1. The molecule has 0 aliphatic heterocycles. The quantitative estimate of drug-likeness (QED) is 0.462. The number of esters is 1. The zero-order valence-electron chi connectivity index (χ0n) is 13.8. The summed E-state index contributed by atoms with van der Waals surface area (Å²) in [5, 5.41) is 3.36. The van der Waals surface area contributed by atoms with Crippen LogP contribution in [0.25, 0.3) is 0 Å². The Morgan fingerprint density at radius 2 is 2.00 bits per heavy atom. The van der Waals surface area contributed by atoms with Gasteiger partial charge in [-0.3, -0.25) is 4.79 Å². The molecule has 1 amide bonds. The number of anilines is 2. The largest absolute Gasteiger partial charge is 0.462 e. The highest BCUT2D eigenvalue weighted by atomic mass is 32.2. The minimum absolute atomic E-state index is 0.185. The van der Waals surface area contributed by atoms with Crippen LogP contribution in [0.5, 0.6) is 0 Å². The molecule has 1 aromatic heterocycles. The SMILES string of the molecule is CCOC(=O)c1c(NC(=O)CSc2ccccc2N)sc(C)c1C. The van der Waals surface area contributed by atoms with E-state index in [1.54, 1.807) is 13.0 Å². The van der Waals surface area contributed by atoms with Gasteiger partial charge in [0.2, 0.25) is 5.91 Å². The summed E-state index contributed by atoms with van der Waals surface area (Å²) in [6, 6.07) is 7.39. The fourth-order valence-corrected chi connectivity index (χ4v) is 3.92. The molecule has 2 rings (SSSR count). The van der Waals surface area contributed by atoms with Crippen LogP contribution in [0.3, 0.4) is 0 Å². The number of benzene rings is 1. The molecule has 5 nitrogen and oxygen atoms in total. The Morgan fingerprint density at radius 1 is 1.29 bits per heavy atom. The number of nitrogens with one attached hydrogen (secondary N) is 1. The molecule has 0 aliphatic rings. The zero-order chi connectivity index (χ0) is 17.7. The summed E-state index contributed by atoms with van der Waals surface area (Å²) in [4.78, 5) is 26.2. The summed E-state index contributed by atoms with van der Waals surface area (Å²) < 4.78 is 5.08. The van der Waals surface area contributed by atoms with Gasteiger partial charge in [-0.05, 0) is 38.5 Å². The minimum Gasteiger partial charge on any atom is -0.462 e. The highest BCUT2D eigenvalue weighted by molar-refractivity contribution is 8.00. The van der Waals surface area contributed by atoms with E-state index in [0.717, 1.165) is 15.3 Å². The van der Waals surface area contributed by atoms with Gasteiger partial charge in [-0.15, -0.1) is 23.1 Å². The van der Waals surface area contributed by atoms with E-state index in [4.69, 9.17) is 10.5 Å². The van der Waals surface area contributed by atoms with Crippen LogP contribution < -0.4 is 11.1 Å². The average Bonchev–Trinajstić information content (AvgIpc) is 2.81. The zero-order valence-corrected chi connectivity index (χ0v) is 15.5. The first-order valence-electron chi connectivity index (χ1n) is 7.48. The number of para-hydroxylation sites is 1. The molecular weight excluding hydrogens is 344 g/mol. The van der Waals surface area contributed by atoms with Crippen molar-refractivity contribution in [2.24, 2.45) is 0 Å². The van der Waals surface area contributed by atoms with E-state index in [1.165, 1.54) is 23.1 Å². The number of carbonyl (C=O) groups is 2. The van der Waals surface area contributed by atoms with Gasteiger partial charge >= 0.3 is 5.97 Å². The van der Waals surface area contributed by atoms with Crippen molar-refractivity contribution in [2.45, 2.75) is 25.7 Å². The van der Waals surface area contributed by atoms with Gasteiger partial charge in [0.15, 0.2) is 0 Å². The molecule has 128 valence electrons. The van der Waals surface area contributed by atoms with E-state index in [2.05, 4.69) is 5.32 Å². The van der Waals surface area contributed by atoms with Crippen LogP contribution in [0, 0.1) is 13.8 Å². The van der Waals surface area contributed by atoms with Crippen molar-refractivity contribution in [3.8, 4) is 0 Å². The molecular formula is C17H20N2O3S2. The fourth-order valence-electron chi connectivity index (χ4n) is 2.08. The highest BCUT2D eigenvalue weighted by Gasteiger charge is 2.22. The Labute approximate surface area is 149 Å². The van der Waals surface area contributed by atoms with E-state index >= 15 is 0 Å². The number of carbonyl (C=O) groups excluding carboxylic acids is 2. The Bertz CT molecular complexity index is 756. The van der Waals surface area contributed by atoms with E-state index in [1.807, 2.05) is 32.0 Å². The Balaban J connectivity index is 2.08. The van der Waals surface area contributed by atoms with E-state index < -0.39 is 5.97 Å². The van der Waals surface area contributed by atoms with E-state index in [0.29, 0.717) is 22.9 Å². The lowest BCUT2D eigenvalue weighted by Crippen LogP contribution is -2.16. The van der Waals surface area contributed by atoms with Crippen LogP contribution in [0.15, 0.2) is 29.2 Å². The lowest BCUT2D eigenvalue weighted by atomic mass is 10.1. The number of hydrogen-bond acceptors (Lipinski definition) is 6. The van der Waals surface area contributed by atoms with Gasteiger partial charge in [0.1, 0.15) is 5.00 Å². The molecule has 1 heterocycles. The van der Waals surface area contributed by atoms with Crippen LogP contribution in [0.4, 0.5) is 10.7 Å². The first-order valence-corrected chi connectivity index (χ1v) is 9.28. The molecule has 24 heavy (non-hydrogen) atoms. The summed E-state index contributed by atoms with van der Waals surface area (Å²) in [5.74, 6) is -0.378. The lowest BCUT2D eigenvalue weighted by Gasteiger charge is -2.08. The van der Waals surface area contributed by atoms with Crippen molar-refractivity contribution in [3.63, 3.8) is 0 Å². The summed E-state index contributed by atoms with van der Waals surface area (Å²) in [6.45, 7) is 5.82. The second kappa shape index (κ2) is 8.21. The molecule has 7 heteroatoms. The number of ether oxygens (including phenoxy) is 1. The van der Waals surface area contributed by atoms with Crippen LogP contribution in [0.2, 0.25) is 0 Å². The number of rotatable bonds is 6. The normalized spacial score (nSPS) is 10.5. The van der Waals surface area contributed by atoms with Gasteiger partial charge in [-0.2, -0.15) is 0 Å². The van der Waals surface area contributed by atoms with Gasteiger partial charge in [-0.1, -0.05) is 12.1 Å². The summed E-state index contributed by atoms with van der Waals surface area (Å²) in [7, 11) is 0. The monoisotopic (exact) mass is 364 g/mol. The third-order valence-corrected chi connectivity index (χ3v) is 5.61. The smallest absolute Gasteiger partial charge is 0.341 e. The van der Waals surface area contributed by atoms with Crippen LogP contribution in [0.1, 0.15) is 27.7 Å². The maximum Gasteiger partial charge on any atom is 0.341 e. The Morgan fingerprint density at radius 3 is 2.67 bits per heavy atom. The molecule has 3 N–H and O–H groups in total. The van der Waals surface area contributed by atoms with Gasteiger partial charge < -0.3 is 15.8 Å². The van der Waals surface area contributed by atoms with Crippen molar-refractivity contribution in [1.29, 1.82) is 0 Å². The molecule has 0 radical (unpaired) electrons. The first kappa shape index (κ1) is 18.4. The molecule has 0 saturated carbocycles. The molecule has 2 aromatic rings. The number of thioether (sulfide) groups is 1. The molecule has 0 atom stereocenters. The van der Waals surface area contributed by atoms with Gasteiger partial charge in [0.25, 0.3) is 0 Å². The number of thiophene rings is 1. The second-order valence-electron chi connectivity index (χ2n) is 5.08. The molecule has 0 bridgehead atoms. The standard InChI is InChI=1S/C17H20N2O3S2/c1-4-22-17(21)15-10(2)11(3)24-16(15)19-14(20)9-23-13-8-6-5-7-12(13)18/h5-8H,4,9,18H2,1-3H3,(H,19,20). The lowest BCUT2D eigenvalue weighted by molar-refractivity contribution is -0.113. The number of amides is 1. The summed E-state index contributed by atoms with van der Waals surface area (Å²) in [5.41, 5.74) is 7.79. The fraction of sp³-hybridized carbons (Fsp3) is 0.294. The summed E-state index contributed by atoms with van der Waals surface area (Å²) >= 11 is 2.74.